The zero-order valence-electron chi connectivity index (χ0n) is 8.36. The standard InChI is InChI=1S/C10H16N2S/c1-7(2)9-4-5-10(12-11-9)8(3)6-13/h4-5,7-8,13H,6H2,1-3H3. The van der Waals surface area contributed by atoms with Crippen LogP contribution in [0.4, 0.5) is 0 Å². The molecule has 0 saturated heterocycles. The van der Waals surface area contributed by atoms with Crippen molar-refractivity contribution < 1.29 is 0 Å². The summed E-state index contributed by atoms with van der Waals surface area (Å²) in [6.45, 7) is 6.34. The molecule has 1 aromatic heterocycles. The lowest BCUT2D eigenvalue weighted by Crippen LogP contribution is -2.03. The summed E-state index contributed by atoms with van der Waals surface area (Å²) in [5.41, 5.74) is 2.08. The zero-order valence-corrected chi connectivity index (χ0v) is 9.25. The average Bonchev–Trinajstić information content (AvgIpc) is 2.17. The van der Waals surface area contributed by atoms with Crippen LogP contribution in [0.1, 0.15) is 44.0 Å². The van der Waals surface area contributed by atoms with Crippen molar-refractivity contribution in [2.75, 3.05) is 5.75 Å². The summed E-state index contributed by atoms with van der Waals surface area (Å²) in [5, 5.41) is 8.34. The Balaban J connectivity index is 2.81. The van der Waals surface area contributed by atoms with Crippen molar-refractivity contribution in [2.24, 2.45) is 0 Å². The fourth-order valence-electron chi connectivity index (χ4n) is 1.02. The van der Waals surface area contributed by atoms with Crippen LogP contribution in [0.3, 0.4) is 0 Å². The van der Waals surface area contributed by atoms with Crippen LogP contribution in [-0.4, -0.2) is 16.0 Å². The van der Waals surface area contributed by atoms with Crippen LogP contribution >= 0.6 is 12.6 Å². The van der Waals surface area contributed by atoms with E-state index in [1.807, 2.05) is 12.1 Å². The highest BCUT2D eigenvalue weighted by Crippen LogP contribution is 2.15. The first-order valence-corrected chi connectivity index (χ1v) is 5.22. The summed E-state index contributed by atoms with van der Waals surface area (Å²) in [4.78, 5) is 0. The van der Waals surface area contributed by atoms with Gasteiger partial charge in [-0.25, -0.2) is 0 Å². The Bertz CT molecular complexity index is 256. The quantitative estimate of drug-likeness (QED) is 0.752. The largest absolute Gasteiger partial charge is 0.179 e. The van der Waals surface area contributed by atoms with Gasteiger partial charge in [-0.3, -0.25) is 0 Å². The lowest BCUT2D eigenvalue weighted by atomic mass is 10.1. The molecule has 0 aliphatic heterocycles. The molecule has 1 atom stereocenters. The molecule has 0 aliphatic carbocycles. The zero-order chi connectivity index (χ0) is 9.84. The molecular weight excluding hydrogens is 180 g/mol. The molecule has 3 heteroatoms. The second-order valence-corrected chi connectivity index (χ2v) is 3.99. The van der Waals surface area contributed by atoms with Crippen LogP contribution in [0.2, 0.25) is 0 Å². The van der Waals surface area contributed by atoms with Gasteiger partial charge in [0.1, 0.15) is 0 Å². The van der Waals surface area contributed by atoms with E-state index in [2.05, 4.69) is 43.6 Å². The van der Waals surface area contributed by atoms with Gasteiger partial charge >= 0.3 is 0 Å². The third-order valence-electron chi connectivity index (χ3n) is 2.08. The second kappa shape index (κ2) is 4.61. The topological polar surface area (TPSA) is 25.8 Å². The van der Waals surface area contributed by atoms with Crippen molar-refractivity contribution in [3.8, 4) is 0 Å². The maximum atomic E-state index is 4.23. The van der Waals surface area contributed by atoms with E-state index in [4.69, 9.17) is 0 Å². The van der Waals surface area contributed by atoms with Crippen LogP contribution in [-0.2, 0) is 0 Å². The lowest BCUT2D eigenvalue weighted by Gasteiger charge is -2.08. The van der Waals surface area contributed by atoms with Gasteiger partial charge in [-0.15, -0.1) is 0 Å². The van der Waals surface area contributed by atoms with Gasteiger partial charge < -0.3 is 0 Å². The van der Waals surface area contributed by atoms with Crippen molar-refractivity contribution in [1.82, 2.24) is 10.2 Å². The summed E-state index contributed by atoms with van der Waals surface area (Å²) in [7, 11) is 0. The molecule has 0 fully saturated rings. The summed E-state index contributed by atoms with van der Waals surface area (Å²) in [6.07, 6.45) is 0. The molecule has 1 rings (SSSR count). The van der Waals surface area contributed by atoms with Crippen molar-refractivity contribution in [3.05, 3.63) is 23.5 Å². The number of hydrogen-bond donors (Lipinski definition) is 1. The van der Waals surface area contributed by atoms with Gasteiger partial charge in [-0.05, 0) is 23.8 Å². The summed E-state index contributed by atoms with van der Waals surface area (Å²) in [5.74, 6) is 1.65. The molecule has 0 aromatic carbocycles. The monoisotopic (exact) mass is 196 g/mol. The van der Waals surface area contributed by atoms with E-state index < -0.39 is 0 Å². The minimum Gasteiger partial charge on any atom is -0.179 e. The minimum atomic E-state index is 0.386. The number of aromatic nitrogens is 2. The molecule has 1 aromatic rings. The Hall–Kier alpha value is -0.570. The molecule has 0 aliphatic rings. The number of thiol groups is 1. The fraction of sp³-hybridized carbons (Fsp3) is 0.600. The highest BCUT2D eigenvalue weighted by Gasteiger charge is 2.06. The van der Waals surface area contributed by atoms with E-state index in [-0.39, 0.29) is 0 Å². The van der Waals surface area contributed by atoms with Crippen molar-refractivity contribution in [1.29, 1.82) is 0 Å². The Kier molecular flexibility index (Phi) is 3.72. The summed E-state index contributed by atoms with van der Waals surface area (Å²) < 4.78 is 0. The molecule has 0 bridgehead atoms. The number of rotatable bonds is 3. The first kappa shape index (κ1) is 10.5. The van der Waals surface area contributed by atoms with Gasteiger partial charge in [0.2, 0.25) is 0 Å². The van der Waals surface area contributed by atoms with Crippen LogP contribution in [0, 0.1) is 0 Å². The predicted molar refractivity (Wildman–Crippen MR) is 58.4 cm³/mol. The van der Waals surface area contributed by atoms with Crippen LogP contribution in [0.5, 0.6) is 0 Å². The fourth-order valence-corrected chi connectivity index (χ4v) is 1.20. The molecule has 13 heavy (non-hydrogen) atoms. The number of nitrogens with zero attached hydrogens (tertiary/aromatic N) is 2. The molecule has 2 nitrogen and oxygen atoms in total. The highest BCUT2D eigenvalue weighted by molar-refractivity contribution is 7.80. The average molecular weight is 196 g/mol. The van der Waals surface area contributed by atoms with Crippen molar-refractivity contribution in [3.63, 3.8) is 0 Å². The van der Waals surface area contributed by atoms with Gasteiger partial charge in [0.25, 0.3) is 0 Å². The van der Waals surface area contributed by atoms with E-state index >= 15 is 0 Å². The third-order valence-corrected chi connectivity index (χ3v) is 2.62. The van der Waals surface area contributed by atoms with Crippen LogP contribution in [0.15, 0.2) is 12.1 Å². The SMILES string of the molecule is CC(C)c1ccc(C(C)CS)nn1. The van der Waals surface area contributed by atoms with E-state index in [9.17, 15) is 0 Å². The van der Waals surface area contributed by atoms with Crippen LogP contribution in [0.25, 0.3) is 0 Å². The first-order valence-electron chi connectivity index (χ1n) is 4.59. The Morgan fingerprint density at radius 1 is 1.15 bits per heavy atom. The maximum absolute atomic E-state index is 4.23. The molecule has 0 spiro atoms. The number of hydrogen-bond acceptors (Lipinski definition) is 3. The molecule has 0 N–H and O–H groups in total. The molecule has 0 radical (unpaired) electrons. The maximum Gasteiger partial charge on any atom is 0.0667 e. The predicted octanol–water partition coefficient (Wildman–Crippen LogP) is 2.63. The first-order chi connectivity index (χ1) is 6.15. The van der Waals surface area contributed by atoms with Gasteiger partial charge in [0, 0.05) is 5.92 Å². The minimum absolute atomic E-state index is 0.386. The Morgan fingerprint density at radius 3 is 2.08 bits per heavy atom. The molecule has 0 saturated carbocycles. The summed E-state index contributed by atoms with van der Waals surface area (Å²) >= 11 is 4.23. The molecule has 72 valence electrons. The van der Waals surface area contributed by atoms with Crippen molar-refractivity contribution >= 4 is 12.6 Å². The van der Waals surface area contributed by atoms with Gasteiger partial charge in [0.05, 0.1) is 11.4 Å². The van der Waals surface area contributed by atoms with E-state index in [1.54, 1.807) is 0 Å². The molecular formula is C10H16N2S. The van der Waals surface area contributed by atoms with E-state index in [0.29, 0.717) is 11.8 Å². The Labute approximate surface area is 85.2 Å². The van der Waals surface area contributed by atoms with Gasteiger partial charge in [0.15, 0.2) is 0 Å². The van der Waals surface area contributed by atoms with Gasteiger partial charge in [-0.2, -0.15) is 22.8 Å². The summed E-state index contributed by atoms with van der Waals surface area (Å²) in [6, 6.07) is 4.09. The van der Waals surface area contributed by atoms with Crippen molar-refractivity contribution in [2.45, 2.75) is 32.6 Å². The van der Waals surface area contributed by atoms with E-state index in [1.165, 1.54) is 0 Å². The van der Waals surface area contributed by atoms with Crippen LogP contribution < -0.4 is 0 Å². The second-order valence-electron chi connectivity index (χ2n) is 3.62. The Morgan fingerprint density at radius 2 is 1.69 bits per heavy atom. The van der Waals surface area contributed by atoms with E-state index in [0.717, 1.165) is 17.1 Å². The highest BCUT2D eigenvalue weighted by atomic mass is 32.1. The molecule has 1 heterocycles. The molecule has 0 amide bonds. The lowest BCUT2D eigenvalue weighted by molar-refractivity contribution is 0.738. The van der Waals surface area contributed by atoms with Gasteiger partial charge in [-0.1, -0.05) is 20.8 Å². The normalized spacial score (nSPS) is 13.3. The third kappa shape index (κ3) is 2.69. The smallest absolute Gasteiger partial charge is 0.0667 e. The molecule has 1 unspecified atom stereocenters.